The van der Waals surface area contributed by atoms with Crippen LogP contribution in [0.5, 0.6) is 5.75 Å². The first-order valence-electron chi connectivity index (χ1n) is 8.68. The summed E-state index contributed by atoms with van der Waals surface area (Å²) in [7, 11) is 1.59. The second-order valence-corrected chi connectivity index (χ2v) is 6.34. The minimum Gasteiger partial charge on any atom is -0.497 e. The van der Waals surface area contributed by atoms with Gasteiger partial charge in [-0.15, -0.1) is 0 Å². The van der Waals surface area contributed by atoms with Crippen molar-refractivity contribution in [3.8, 4) is 17.0 Å². The molecule has 0 spiro atoms. The van der Waals surface area contributed by atoms with E-state index in [0.717, 1.165) is 10.9 Å². The molecule has 0 radical (unpaired) electrons. The predicted octanol–water partition coefficient (Wildman–Crippen LogP) is 4.60. The number of ether oxygens (including phenoxy) is 1. The highest BCUT2D eigenvalue weighted by molar-refractivity contribution is 5.88. The SMILES string of the molecule is COc1ccc2c(c1)cc(-c1ccccc1F)n2Cc1cccc(C(=O)O)n1. The van der Waals surface area contributed by atoms with Crippen molar-refractivity contribution in [1.29, 1.82) is 0 Å². The third-order valence-electron chi connectivity index (χ3n) is 4.60. The minimum absolute atomic E-state index is 0.0249. The third-order valence-corrected chi connectivity index (χ3v) is 4.60. The summed E-state index contributed by atoms with van der Waals surface area (Å²) in [4.78, 5) is 15.4. The first-order valence-corrected chi connectivity index (χ1v) is 8.68. The molecule has 2 aromatic heterocycles. The van der Waals surface area contributed by atoms with Crippen LogP contribution in [-0.4, -0.2) is 27.7 Å². The molecule has 0 fully saturated rings. The van der Waals surface area contributed by atoms with Crippen LogP contribution in [-0.2, 0) is 6.54 Å². The van der Waals surface area contributed by atoms with E-state index in [2.05, 4.69) is 4.98 Å². The Balaban J connectivity index is 1.90. The first-order chi connectivity index (χ1) is 13.6. The molecule has 0 aliphatic carbocycles. The van der Waals surface area contributed by atoms with Crippen LogP contribution in [0.25, 0.3) is 22.2 Å². The second kappa shape index (κ2) is 7.15. The molecule has 6 heteroatoms. The van der Waals surface area contributed by atoms with E-state index in [1.54, 1.807) is 37.4 Å². The van der Waals surface area contributed by atoms with Crippen molar-refractivity contribution in [3.63, 3.8) is 0 Å². The number of aromatic carboxylic acids is 1. The topological polar surface area (TPSA) is 64.3 Å². The molecule has 2 aromatic carbocycles. The molecule has 140 valence electrons. The van der Waals surface area contributed by atoms with Gasteiger partial charge >= 0.3 is 5.97 Å². The van der Waals surface area contributed by atoms with Gasteiger partial charge in [-0.2, -0.15) is 0 Å². The molecule has 0 unspecified atom stereocenters. The number of pyridine rings is 1. The molecular formula is C22H17FN2O3. The Morgan fingerprint density at radius 3 is 2.68 bits per heavy atom. The lowest BCUT2D eigenvalue weighted by Crippen LogP contribution is -2.07. The molecular weight excluding hydrogens is 359 g/mol. The molecule has 0 aliphatic rings. The van der Waals surface area contributed by atoms with Crippen molar-refractivity contribution in [3.05, 3.63) is 83.9 Å². The van der Waals surface area contributed by atoms with Gasteiger partial charge in [0.1, 0.15) is 17.3 Å². The summed E-state index contributed by atoms with van der Waals surface area (Å²) in [5.41, 5.74) is 2.58. The van der Waals surface area contributed by atoms with Gasteiger partial charge in [-0.1, -0.05) is 18.2 Å². The van der Waals surface area contributed by atoms with Crippen molar-refractivity contribution < 1.29 is 19.0 Å². The van der Waals surface area contributed by atoms with E-state index in [-0.39, 0.29) is 11.5 Å². The smallest absolute Gasteiger partial charge is 0.354 e. The van der Waals surface area contributed by atoms with Gasteiger partial charge in [0.2, 0.25) is 0 Å². The maximum Gasteiger partial charge on any atom is 0.354 e. The lowest BCUT2D eigenvalue weighted by Gasteiger charge is -2.12. The highest BCUT2D eigenvalue weighted by Crippen LogP contribution is 2.32. The monoisotopic (exact) mass is 376 g/mol. The molecule has 0 atom stereocenters. The third kappa shape index (κ3) is 3.20. The molecule has 28 heavy (non-hydrogen) atoms. The van der Waals surface area contributed by atoms with E-state index >= 15 is 0 Å². The molecule has 4 rings (SSSR count). The summed E-state index contributed by atoms with van der Waals surface area (Å²) in [6, 6.07) is 19.0. The van der Waals surface area contributed by atoms with E-state index in [9.17, 15) is 14.3 Å². The summed E-state index contributed by atoms with van der Waals surface area (Å²) in [5, 5.41) is 10.1. The number of aromatic nitrogens is 2. The van der Waals surface area contributed by atoms with Gasteiger partial charge in [0.15, 0.2) is 0 Å². The number of benzene rings is 2. The van der Waals surface area contributed by atoms with Gasteiger partial charge in [-0.25, -0.2) is 14.2 Å². The second-order valence-electron chi connectivity index (χ2n) is 6.34. The number of hydrogen-bond donors (Lipinski definition) is 1. The van der Waals surface area contributed by atoms with Crippen molar-refractivity contribution >= 4 is 16.9 Å². The van der Waals surface area contributed by atoms with Gasteiger partial charge in [0.25, 0.3) is 0 Å². The van der Waals surface area contributed by atoms with Crippen LogP contribution in [0.4, 0.5) is 4.39 Å². The summed E-state index contributed by atoms with van der Waals surface area (Å²) in [6.07, 6.45) is 0. The Labute approximate surface area is 160 Å². The van der Waals surface area contributed by atoms with Gasteiger partial charge < -0.3 is 14.4 Å². The maximum absolute atomic E-state index is 14.5. The average molecular weight is 376 g/mol. The number of carboxylic acid groups (broad SMARTS) is 1. The van der Waals surface area contributed by atoms with Crippen LogP contribution >= 0.6 is 0 Å². The standard InChI is InChI=1S/C22H17FN2O3/c1-28-16-9-10-20-14(11-16)12-21(17-6-2-3-7-18(17)23)25(20)13-15-5-4-8-19(24-15)22(26)27/h2-12H,13H2,1H3,(H,26,27). The first kappa shape index (κ1) is 17.7. The number of halogens is 1. The zero-order chi connectivity index (χ0) is 19.7. The largest absolute Gasteiger partial charge is 0.497 e. The summed E-state index contributed by atoms with van der Waals surface area (Å²) >= 11 is 0. The Morgan fingerprint density at radius 2 is 1.93 bits per heavy atom. The fourth-order valence-electron chi connectivity index (χ4n) is 3.29. The minimum atomic E-state index is -1.08. The summed E-state index contributed by atoms with van der Waals surface area (Å²) in [6.45, 7) is 0.306. The van der Waals surface area contributed by atoms with Gasteiger partial charge in [-0.3, -0.25) is 0 Å². The zero-order valence-electron chi connectivity index (χ0n) is 15.1. The van der Waals surface area contributed by atoms with Gasteiger partial charge in [0.05, 0.1) is 25.0 Å². The van der Waals surface area contributed by atoms with Crippen LogP contribution in [0.15, 0.2) is 66.7 Å². The molecule has 0 saturated heterocycles. The highest BCUT2D eigenvalue weighted by atomic mass is 19.1. The van der Waals surface area contributed by atoms with Gasteiger partial charge in [-0.05, 0) is 48.5 Å². The van der Waals surface area contributed by atoms with E-state index < -0.39 is 5.97 Å². The Kier molecular flexibility index (Phi) is 4.53. The summed E-state index contributed by atoms with van der Waals surface area (Å²) in [5.74, 6) is -0.709. The van der Waals surface area contributed by atoms with E-state index in [1.807, 2.05) is 28.8 Å². The molecule has 0 amide bonds. The number of carboxylic acids is 1. The highest BCUT2D eigenvalue weighted by Gasteiger charge is 2.16. The van der Waals surface area contributed by atoms with Crippen molar-refractivity contribution in [2.24, 2.45) is 0 Å². The fraction of sp³-hybridized carbons (Fsp3) is 0.0909. The number of rotatable bonds is 5. The van der Waals surface area contributed by atoms with E-state index in [4.69, 9.17) is 4.74 Å². The Hall–Kier alpha value is -3.67. The quantitative estimate of drug-likeness (QED) is 0.553. The fourth-order valence-corrected chi connectivity index (χ4v) is 3.29. The lowest BCUT2D eigenvalue weighted by atomic mass is 10.1. The van der Waals surface area contributed by atoms with Crippen molar-refractivity contribution in [2.75, 3.05) is 7.11 Å². The number of fused-ring (bicyclic) bond motifs is 1. The maximum atomic E-state index is 14.5. The van der Waals surface area contributed by atoms with Gasteiger partial charge in [0, 0.05) is 16.5 Å². The molecule has 0 aliphatic heterocycles. The molecule has 1 N–H and O–H groups in total. The number of carbonyl (C=O) groups is 1. The molecule has 2 heterocycles. The van der Waals surface area contributed by atoms with Crippen LogP contribution in [0.3, 0.4) is 0 Å². The zero-order valence-corrected chi connectivity index (χ0v) is 15.1. The average Bonchev–Trinajstić information content (AvgIpc) is 3.05. The van der Waals surface area contributed by atoms with Crippen LogP contribution < -0.4 is 4.74 Å². The molecule has 4 aromatic rings. The molecule has 0 saturated carbocycles. The van der Waals surface area contributed by atoms with Crippen molar-refractivity contribution in [1.82, 2.24) is 9.55 Å². The number of hydrogen-bond acceptors (Lipinski definition) is 3. The van der Waals surface area contributed by atoms with Crippen LogP contribution in [0.2, 0.25) is 0 Å². The van der Waals surface area contributed by atoms with Crippen molar-refractivity contribution in [2.45, 2.75) is 6.54 Å². The normalized spacial score (nSPS) is 10.9. The molecule has 5 nitrogen and oxygen atoms in total. The Morgan fingerprint density at radius 1 is 1.11 bits per heavy atom. The Bertz CT molecular complexity index is 1180. The lowest BCUT2D eigenvalue weighted by molar-refractivity contribution is 0.0690. The number of nitrogens with zero attached hydrogens (tertiary/aromatic N) is 2. The van der Waals surface area contributed by atoms with Crippen LogP contribution in [0, 0.1) is 5.82 Å². The predicted molar refractivity (Wildman–Crippen MR) is 104 cm³/mol. The number of methoxy groups -OCH3 is 1. The van der Waals surface area contributed by atoms with E-state index in [0.29, 0.717) is 29.2 Å². The van der Waals surface area contributed by atoms with Crippen LogP contribution in [0.1, 0.15) is 16.2 Å². The molecule has 0 bridgehead atoms. The van der Waals surface area contributed by atoms with E-state index in [1.165, 1.54) is 12.1 Å². The summed E-state index contributed by atoms with van der Waals surface area (Å²) < 4.78 is 21.7.